The number of unbranched alkanes of at least 4 members (excludes halogenated alkanes) is 5. The number of H-pyrrole nitrogens is 1. The number of aromatic amines is 1. The van der Waals surface area contributed by atoms with Crippen LogP contribution in [0.2, 0.25) is 0 Å². The van der Waals surface area contributed by atoms with Crippen molar-refractivity contribution in [3.8, 4) is 5.75 Å². The zero-order chi connectivity index (χ0) is 15.9. The van der Waals surface area contributed by atoms with Gasteiger partial charge in [-0.2, -0.15) is 0 Å². The van der Waals surface area contributed by atoms with Crippen LogP contribution in [0.25, 0.3) is 0 Å². The molecule has 2 heterocycles. The van der Waals surface area contributed by atoms with E-state index in [-0.39, 0.29) is 11.9 Å². The molecule has 0 aromatic carbocycles. The van der Waals surface area contributed by atoms with Crippen molar-refractivity contribution in [3.05, 3.63) is 23.0 Å². The number of rotatable bonds is 9. The van der Waals surface area contributed by atoms with Crippen LogP contribution in [0.5, 0.6) is 5.75 Å². The minimum Gasteiger partial charge on any atom is -0.502 e. The lowest BCUT2D eigenvalue weighted by molar-refractivity contribution is -0.389. The first-order valence-electron chi connectivity index (χ1n) is 8.63. The van der Waals surface area contributed by atoms with Gasteiger partial charge in [0.25, 0.3) is 0 Å². The average Bonchev–Trinajstić information content (AvgIpc) is 2.90. The summed E-state index contributed by atoms with van der Waals surface area (Å²) in [7, 11) is 0. The molecular formula is C18H30NO3+. The van der Waals surface area contributed by atoms with Crippen molar-refractivity contribution < 1.29 is 19.6 Å². The van der Waals surface area contributed by atoms with Gasteiger partial charge in [0.05, 0.1) is 23.8 Å². The van der Waals surface area contributed by atoms with Gasteiger partial charge in [-0.15, -0.1) is 0 Å². The van der Waals surface area contributed by atoms with Gasteiger partial charge >= 0.3 is 0 Å². The lowest BCUT2D eigenvalue weighted by Gasteiger charge is -2.19. The Hall–Kier alpha value is -1.13. The molecule has 0 aliphatic carbocycles. The fourth-order valence-electron chi connectivity index (χ4n) is 2.93. The van der Waals surface area contributed by atoms with E-state index in [0.29, 0.717) is 6.61 Å². The van der Waals surface area contributed by atoms with Crippen LogP contribution in [0.15, 0.2) is 6.20 Å². The Morgan fingerprint density at radius 3 is 2.82 bits per heavy atom. The topological polar surface area (TPSA) is 52.8 Å². The highest BCUT2D eigenvalue weighted by atomic mass is 16.7. The summed E-state index contributed by atoms with van der Waals surface area (Å²) in [5, 5.41) is 10.2. The van der Waals surface area contributed by atoms with Crippen LogP contribution >= 0.6 is 0 Å². The highest BCUT2D eigenvalue weighted by Gasteiger charge is 2.32. The molecule has 2 atom stereocenters. The van der Waals surface area contributed by atoms with Gasteiger partial charge in [0.2, 0.25) is 5.69 Å². The van der Waals surface area contributed by atoms with Crippen LogP contribution in [0.3, 0.4) is 0 Å². The Morgan fingerprint density at radius 1 is 1.32 bits per heavy atom. The Balaban J connectivity index is 1.77. The predicted octanol–water partition coefficient (Wildman–Crippen LogP) is 4.20. The molecule has 2 N–H and O–H groups in total. The quantitative estimate of drug-likeness (QED) is 0.696. The molecule has 1 aliphatic rings. The zero-order valence-corrected chi connectivity index (χ0v) is 14.2. The van der Waals surface area contributed by atoms with Crippen LogP contribution in [-0.2, 0) is 16.1 Å². The molecule has 0 spiro atoms. The van der Waals surface area contributed by atoms with Crippen molar-refractivity contribution in [2.24, 2.45) is 0 Å². The van der Waals surface area contributed by atoms with Crippen LogP contribution in [0, 0.1) is 6.92 Å². The molecule has 124 valence electrons. The van der Waals surface area contributed by atoms with Crippen LogP contribution in [0.4, 0.5) is 0 Å². The maximum atomic E-state index is 10.2. The molecule has 22 heavy (non-hydrogen) atoms. The summed E-state index contributed by atoms with van der Waals surface area (Å²) in [6.07, 6.45) is 10.4. The first-order chi connectivity index (χ1) is 10.6. The molecule has 2 rings (SSSR count). The number of fused-ring (bicyclic) bond motifs is 1. The average molecular weight is 308 g/mol. The molecule has 1 aliphatic heterocycles. The maximum absolute atomic E-state index is 10.2. The molecule has 0 bridgehead atoms. The predicted molar refractivity (Wildman–Crippen MR) is 85.5 cm³/mol. The van der Waals surface area contributed by atoms with Crippen LogP contribution in [0.1, 0.15) is 81.9 Å². The number of aromatic hydroxyl groups is 1. The molecular weight excluding hydrogens is 278 g/mol. The third-order valence-corrected chi connectivity index (χ3v) is 4.37. The van der Waals surface area contributed by atoms with Gasteiger partial charge in [0.15, 0.2) is 18.2 Å². The fraction of sp³-hybridized carbons (Fsp3) is 0.722. The van der Waals surface area contributed by atoms with Gasteiger partial charge in [0.1, 0.15) is 0 Å². The largest absolute Gasteiger partial charge is 0.502 e. The number of hydrogen-bond donors (Lipinski definition) is 1. The normalized spacial score (nSPS) is 18.4. The monoisotopic (exact) mass is 308 g/mol. The van der Waals surface area contributed by atoms with E-state index in [0.717, 1.165) is 23.2 Å². The first-order valence-corrected chi connectivity index (χ1v) is 8.63. The number of hydrogen-bond acceptors (Lipinski definition) is 3. The number of pyridine rings is 1. The summed E-state index contributed by atoms with van der Waals surface area (Å²) in [5.74, 6) is 0.270. The maximum Gasteiger partial charge on any atom is 0.219 e. The SMILES string of the molecule is CCCCCCCCC(C)OC1OCc2c[nH+]c(C)c(O)c21. The van der Waals surface area contributed by atoms with Crippen molar-refractivity contribution in [1.82, 2.24) is 0 Å². The molecule has 0 saturated heterocycles. The number of ether oxygens (including phenoxy) is 2. The van der Waals surface area contributed by atoms with E-state index in [1.54, 1.807) is 0 Å². The third kappa shape index (κ3) is 4.43. The van der Waals surface area contributed by atoms with Crippen molar-refractivity contribution in [2.75, 3.05) is 0 Å². The highest BCUT2D eigenvalue weighted by Crippen LogP contribution is 2.38. The van der Waals surface area contributed by atoms with Crippen molar-refractivity contribution in [1.29, 1.82) is 0 Å². The second-order valence-electron chi connectivity index (χ2n) is 6.35. The molecule has 1 aromatic rings. The molecule has 2 unspecified atom stereocenters. The number of aromatic nitrogens is 1. The van der Waals surface area contributed by atoms with Gasteiger partial charge in [-0.1, -0.05) is 45.4 Å². The van der Waals surface area contributed by atoms with E-state index < -0.39 is 6.29 Å². The standard InChI is InChI=1S/C18H29NO3/c1-4-5-6-7-8-9-10-13(2)22-18-16-15(12-21-18)11-19-14(3)17(16)20/h11,13,18,20H,4-10,12H2,1-3H3/p+1. The summed E-state index contributed by atoms with van der Waals surface area (Å²) in [6.45, 7) is 6.68. The second-order valence-corrected chi connectivity index (χ2v) is 6.35. The summed E-state index contributed by atoms with van der Waals surface area (Å²) >= 11 is 0. The highest BCUT2D eigenvalue weighted by molar-refractivity contribution is 5.40. The molecule has 0 saturated carbocycles. The molecule has 1 aromatic heterocycles. The van der Waals surface area contributed by atoms with Crippen LogP contribution in [-0.4, -0.2) is 11.2 Å². The minimum atomic E-state index is -0.432. The van der Waals surface area contributed by atoms with Crippen molar-refractivity contribution in [3.63, 3.8) is 0 Å². The van der Waals surface area contributed by atoms with E-state index in [1.165, 1.54) is 38.5 Å². The van der Waals surface area contributed by atoms with Gasteiger partial charge < -0.3 is 14.6 Å². The van der Waals surface area contributed by atoms with Gasteiger partial charge in [0, 0.05) is 6.92 Å². The second kappa shape index (κ2) is 8.49. The first kappa shape index (κ1) is 17.2. The lowest BCUT2D eigenvalue weighted by atomic mass is 10.1. The van der Waals surface area contributed by atoms with E-state index >= 15 is 0 Å². The minimum absolute atomic E-state index is 0.144. The molecule has 0 radical (unpaired) electrons. The molecule has 4 heteroatoms. The molecule has 0 amide bonds. The summed E-state index contributed by atoms with van der Waals surface area (Å²) in [6, 6.07) is 0. The Kier molecular flexibility index (Phi) is 6.65. The van der Waals surface area contributed by atoms with Gasteiger partial charge in [-0.25, -0.2) is 4.98 Å². The van der Waals surface area contributed by atoms with Gasteiger partial charge in [-0.3, -0.25) is 0 Å². The summed E-state index contributed by atoms with van der Waals surface area (Å²) < 4.78 is 11.7. The fourth-order valence-corrected chi connectivity index (χ4v) is 2.93. The smallest absolute Gasteiger partial charge is 0.219 e. The number of nitrogens with one attached hydrogen (secondary N) is 1. The Morgan fingerprint density at radius 2 is 2.05 bits per heavy atom. The summed E-state index contributed by atoms with van der Waals surface area (Å²) in [5.41, 5.74) is 2.53. The van der Waals surface area contributed by atoms with E-state index in [1.807, 2.05) is 13.1 Å². The van der Waals surface area contributed by atoms with Crippen LogP contribution < -0.4 is 4.98 Å². The molecule has 0 fully saturated rings. The van der Waals surface area contributed by atoms with Crippen molar-refractivity contribution in [2.45, 2.75) is 84.7 Å². The lowest BCUT2D eigenvalue weighted by Crippen LogP contribution is -2.15. The van der Waals surface area contributed by atoms with E-state index in [2.05, 4.69) is 18.8 Å². The number of aryl methyl sites for hydroxylation is 1. The molecule has 4 nitrogen and oxygen atoms in total. The van der Waals surface area contributed by atoms with Crippen molar-refractivity contribution >= 4 is 0 Å². The van der Waals surface area contributed by atoms with E-state index in [4.69, 9.17) is 9.47 Å². The van der Waals surface area contributed by atoms with Gasteiger partial charge in [-0.05, 0) is 13.3 Å². The Bertz CT molecular complexity index is 476. The third-order valence-electron chi connectivity index (χ3n) is 4.37. The summed E-state index contributed by atoms with van der Waals surface area (Å²) in [4.78, 5) is 3.05. The zero-order valence-electron chi connectivity index (χ0n) is 14.2. The Labute approximate surface area is 133 Å². The van der Waals surface area contributed by atoms with E-state index in [9.17, 15) is 5.11 Å².